The first kappa shape index (κ1) is 13.9. The van der Waals surface area contributed by atoms with E-state index in [-0.39, 0.29) is 5.69 Å². The van der Waals surface area contributed by atoms with Crippen LogP contribution in [-0.2, 0) is 0 Å². The van der Waals surface area contributed by atoms with Gasteiger partial charge in [-0.05, 0) is 45.8 Å². The Morgan fingerprint density at radius 2 is 1.95 bits per heavy atom. The van der Waals surface area contributed by atoms with E-state index in [2.05, 4.69) is 36.8 Å². The third-order valence-corrected chi connectivity index (χ3v) is 3.77. The number of aromatic nitrogens is 1. The summed E-state index contributed by atoms with van der Waals surface area (Å²) in [5.74, 6) is 0. The van der Waals surface area contributed by atoms with Crippen molar-refractivity contribution >= 4 is 48.1 Å². The van der Waals surface area contributed by atoms with E-state index in [0.29, 0.717) is 0 Å². The van der Waals surface area contributed by atoms with Crippen LogP contribution in [0.15, 0.2) is 47.2 Å². The molecule has 1 aromatic carbocycles. The average Bonchev–Trinajstić information content (AvgIpc) is 2.41. The van der Waals surface area contributed by atoms with Crippen LogP contribution in [0.4, 0.5) is 5.69 Å². The molecule has 4 nitrogen and oxygen atoms in total. The Morgan fingerprint density at radius 1 is 1.26 bits per heavy atom. The standard InChI is InChI=1S/C13H8Br2N2O2/c14-12(8-10-2-1-7-16-13(10)15)9-3-5-11(6-4-9)17(18)19/h1-8H/b12-8-. The zero-order valence-electron chi connectivity index (χ0n) is 9.59. The van der Waals surface area contributed by atoms with E-state index < -0.39 is 4.92 Å². The molecule has 0 radical (unpaired) electrons. The molecular formula is C13H8Br2N2O2. The van der Waals surface area contributed by atoms with Crippen molar-refractivity contribution in [3.05, 3.63) is 68.4 Å². The number of rotatable bonds is 3. The number of nitro groups is 1. The van der Waals surface area contributed by atoms with E-state index in [1.165, 1.54) is 12.1 Å². The molecule has 0 fully saturated rings. The number of nitro benzene ring substituents is 1. The summed E-state index contributed by atoms with van der Waals surface area (Å²) in [5, 5.41) is 10.6. The fourth-order valence-corrected chi connectivity index (χ4v) is 2.34. The molecule has 0 N–H and O–H groups in total. The Morgan fingerprint density at radius 3 is 2.53 bits per heavy atom. The highest BCUT2D eigenvalue weighted by molar-refractivity contribution is 9.15. The predicted molar refractivity (Wildman–Crippen MR) is 81.8 cm³/mol. The molecule has 0 bridgehead atoms. The zero-order valence-corrected chi connectivity index (χ0v) is 12.8. The fraction of sp³-hybridized carbons (Fsp3) is 0. The van der Waals surface area contributed by atoms with Crippen LogP contribution in [0.5, 0.6) is 0 Å². The van der Waals surface area contributed by atoms with Gasteiger partial charge in [0.15, 0.2) is 0 Å². The molecule has 0 atom stereocenters. The minimum Gasteiger partial charge on any atom is -0.258 e. The lowest BCUT2D eigenvalue weighted by molar-refractivity contribution is -0.384. The first-order chi connectivity index (χ1) is 9.08. The molecule has 1 aromatic heterocycles. The van der Waals surface area contributed by atoms with Crippen LogP contribution in [0, 0.1) is 10.1 Å². The Labute approximate surface area is 126 Å². The van der Waals surface area contributed by atoms with Gasteiger partial charge in [-0.15, -0.1) is 0 Å². The monoisotopic (exact) mass is 382 g/mol. The Balaban J connectivity index is 2.31. The molecule has 2 aromatic rings. The van der Waals surface area contributed by atoms with Crippen molar-refractivity contribution < 1.29 is 4.92 Å². The molecule has 0 saturated heterocycles. The highest BCUT2D eigenvalue weighted by Gasteiger charge is 2.06. The van der Waals surface area contributed by atoms with Gasteiger partial charge < -0.3 is 0 Å². The highest BCUT2D eigenvalue weighted by Crippen LogP contribution is 2.27. The quantitative estimate of drug-likeness (QED) is 0.440. The third kappa shape index (κ3) is 3.48. The number of halogens is 2. The highest BCUT2D eigenvalue weighted by atomic mass is 79.9. The Kier molecular flexibility index (Phi) is 4.44. The molecule has 0 amide bonds. The second-order valence-electron chi connectivity index (χ2n) is 3.68. The summed E-state index contributed by atoms with van der Waals surface area (Å²) in [6, 6.07) is 10.1. The van der Waals surface area contributed by atoms with E-state index in [0.717, 1.165) is 20.2 Å². The maximum Gasteiger partial charge on any atom is 0.269 e. The van der Waals surface area contributed by atoms with Gasteiger partial charge in [-0.3, -0.25) is 10.1 Å². The van der Waals surface area contributed by atoms with E-state index in [4.69, 9.17) is 0 Å². The number of nitrogens with zero attached hydrogens (tertiary/aromatic N) is 2. The minimum absolute atomic E-state index is 0.0756. The minimum atomic E-state index is -0.418. The molecular weight excluding hydrogens is 376 g/mol. The van der Waals surface area contributed by atoms with Gasteiger partial charge in [0.05, 0.1) is 4.92 Å². The van der Waals surface area contributed by atoms with Crippen LogP contribution in [0.25, 0.3) is 10.6 Å². The lowest BCUT2D eigenvalue weighted by atomic mass is 10.1. The molecule has 2 rings (SSSR count). The lowest BCUT2D eigenvalue weighted by Gasteiger charge is -2.01. The predicted octanol–water partition coefficient (Wildman–Crippen LogP) is 4.65. The number of hydrogen-bond donors (Lipinski definition) is 0. The van der Waals surface area contributed by atoms with Crippen LogP contribution in [-0.4, -0.2) is 9.91 Å². The van der Waals surface area contributed by atoms with Gasteiger partial charge >= 0.3 is 0 Å². The summed E-state index contributed by atoms with van der Waals surface area (Å²) in [7, 11) is 0. The smallest absolute Gasteiger partial charge is 0.258 e. The zero-order chi connectivity index (χ0) is 13.8. The first-order valence-corrected chi connectivity index (χ1v) is 6.89. The van der Waals surface area contributed by atoms with Crippen LogP contribution in [0.2, 0.25) is 0 Å². The second-order valence-corrected chi connectivity index (χ2v) is 5.29. The molecule has 0 aliphatic carbocycles. The van der Waals surface area contributed by atoms with E-state index in [1.54, 1.807) is 18.3 Å². The molecule has 19 heavy (non-hydrogen) atoms. The van der Waals surface area contributed by atoms with E-state index >= 15 is 0 Å². The summed E-state index contributed by atoms with van der Waals surface area (Å²) in [6.45, 7) is 0. The molecule has 0 spiro atoms. The van der Waals surface area contributed by atoms with Crippen LogP contribution in [0.1, 0.15) is 11.1 Å². The molecule has 0 saturated carbocycles. The van der Waals surface area contributed by atoms with Gasteiger partial charge in [0, 0.05) is 28.4 Å². The van der Waals surface area contributed by atoms with Gasteiger partial charge in [-0.25, -0.2) is 4.98 Å². The van der Waals surface area contributed by atoms with E-state index in [1.807, 2.05) is 18.2 Å². The second kappa shape index (κ2) is 6.08. The maximum atomic E-state index is 10.6. The third-order valence-electron chi connectivity index (χ3n) is 2.42. The first-order valence-electron chi connectivity index (χ1n) is 5.30. The largest absolute Gasteiger partial charge is 0.269 e. The van der Waals surface area contributed by atoms with Crippen molar-refractivity contribution in [1.82, 2.24) is 4.98 Å². The number of hydrogen-bond acceptors (Lipinski definition) is 3. The number of benzene rings is 1. The van der Waals surface area contributed by atoms with Crippen LogP contribution in [0.3, 0.4) is 0 Å². The molecule has 0 aliphatic rings. The fourth-order valence-electron chi connectivity index (χ4n) is 1.47. The summed E-state index contributed by atoms with van der Waals surface area (Å²) in [4.78, 5) is 14.3. The molecule has 0 aliphatic heterocycles. The van der Waals surface area contributed by atoms with Crippen molar-refractivity contribution in [3.63, 3.8) is 0 Å². The van der Waals surface area contributed by atoms with Crippen molar-refractivity contribution in [3.8, 4) is 0 Å². The maximum absolute atomic E-state index is 10.6. The Hall–Kier alpha value is -1.53. The topological polar surface area (TPSA) is 56.0 Å². The van der Waals surface area contributed by atoms with Crippen LogP contribution >= 0.6 is 31.9 Å². The molecule has 1 heterocycles. The summed E-state index contributed by atoms with van der Waals surface area (Å²) >= 11 is 6.82. The average molecular weight is 384 g/mol. The number of pyridine rings is 1. The summed E-state index contributed by atoms with van der Waals surface area (Å²) in [6.07, 6.45) is 3.60. The van der Waals surface area contributed by atoms with Crippen molar-refractivity contribution in [2.24, 2.45) is 0 Å². The van der Waals surface area contributed by atoms with Gasteiger partial charge in [0.2, 0.25) is 0 Å². The van der Waals surface area contributed by atoms with Crippen LogP contribution < -0.4 is 0 Å². The summed E-state index contributed by atoms with van der Waals surface area (Å²) < 4.78 is 1.57. The van der Waals surface area contributed by atoms with E-state index in [9.17, 15) is 10.1 Å². The van der Waals surface area contributed by atoms with Crippen molar-refractivity contribution in [2.45, 2.75) is 0 Å². The van der Waals surface area contributed by atoms with Gasteiger partial charge in [0.25, 0.3) is 5.69 Å². The summed E-state index contributed by atoms with van der Waals surface area (Å²) in [5.41, 5.74) is 1.86. The van der Waals surface area contributed by atoms with Gasteiger partial charge in [0.1, 0.15) is 4.60 Å². The SMILES string of the molecule is O=[N+]([O-])c1ccc(/C(Br)=C/c2cccnc2Br)cc1. The van der Waals surface area contributed by atoms with Crippen molar-refractivity contribution in [1.29, 1.82) is 0 Å². The van der Waals surface area contributed by atoms with Gasteiger partial charge in [-0.2, -0.15) is 0 Å². The Bertz CT molecular complexity index is 639. The molecule has 0 unspecified atom stereocenters. The normalized spacial score (nSPS) is 11.4. The van der Waals surface area contributed by atoms with Crippen molar-refractivity contribution in [2.75, 3.05) is 0 Å². The van der Waals surface area contributed by atoms with Gasteiger partial charge in [-0.1, -0.05) is 22.0 Å². The number of non-ortho nitro benzene ring substituents is 1. The lowest BCUT2D eigenvalue weighted by Crippen LogP contribution is -1.87. The molecule has 6 heteroatoms. The molecule has 96 valence electrons.